The van der Waals surface area contributed by atoms with Gasteiger partial charge < -0.3 is 15.5 Å². The molecular formula is C24H28N6S. The van der Waals surface area contributed by atoms with E-state index in [9.17, 15) is 0 Å². The van der Waals surface area contributed by atoms with Crippen LogP contribution in [0.2, 0.25) is 0 Å². The van der Waals surface area contributed by atoms with Gasteiger partial charge in [-0.3, -0.25) is 0 Å². The van der Waals surface area contributed by atoms with Crippen LogP contribution in [0.25, 0.3) is 21.1 Å². The minimum absolute atomic E-state index is 0.414. The molecule has 0 aliphatic heterocycles. The fraction of sp³-hybridized carbons (Fsp3) is 0.375. The van der Waals surface area contributed by atoms with Crippen molar-refractivity contribution in [2.24, 2.45) is 0 Å². The third-order valence-corrected chi connectivity index (χ3v) is 6.98. The lowest BCUT2D eigenvalue weighted by molar-refractivity contribution is 0.352. The van der Waals surface area contributed by atoms with Crippen molar-refractivity contribution in [2.45, 2.75) is 44.3 Å². The first-order valence-corrected chi connectivity index (χ1v) is 11.8. The molecule has 1 saturated carbocycles. The van der Waals surface area contributed by atoms with Crippen LogP contribution >= 0.6 is 11.3 Å². The van der Waals surface area contributed by atoms with E-state index in [4.69, 9.17) is 15.0 Å². The maximum absolute atomic E-state index is 4.79. The molecule has 0 amide bonds. The van der Waals surface area contributed by atoms with Crippen molar-refractivity contribution < 1.29 is 0 Å². The first kappa shape index (κ1) is 20.2. The van der Waals surface area contributed by atoms with Crippen molar-refractivity contribution in [3.8, 4) is 0 Å². The summed E-state index contributed by atoms with van der Waals surface area (Å²) in [6.07, 6.45) is 4.53. The molecule has 2 heterocycles. The Morgan fingerprint density at radius 2 is 1.58 bits per heavy atom. The van der Waals surface area contributed by atoms with E-state index < -0.39 is 0 Å². The zero-order valence-corrected chi connectivity index (χ0v) is 18.8. The van der Waals surface area contributed by atoms with Gasteiger partial charge in [0, 0.05) is 38.1 Å². The Morgan fingerprint density at radius 1 is 0.871 bits per heavy atom. The molecular weight excluding hydrogens is 404 g/mol. The van der Waals surface area contributed by atoms with Crippen LogP contribution < -0.4 is 15.5 Å². The summed E-state index contributed by atoms with van der Waals surface area (Å²) in [6.45, 7) is 0.849. The summed E-state index contributed by atoms with van der Waals surface area (Å²) in [7, 11) is 4.06. The number of benzene rings is 2. The van der Waals surface area contributed by atoms with Crippen LogP contribution in [-0.2, 0) is 6.54 Å². The van der Waals surface area contributed by atoms with Gasteiger partial charge in [0.2, 0.25) is 5.95 Å². The molecule has 31 heavy (non-hydrogen) atoms. The van der Waals surface area contributed by atoms with Gasteiger partial charge in [-0.05, 0) is 49.9 Å². The van der Waals surface area contributed by atoms with Crippen molar-refractivity contribution >= 4 is 44.2 Å². The van der Waals surface area contributed by atoms with Crippen LogP contribution in [0, 0.1) is 0 Å². The molecule has 4 aromatic rings. The van der Waals surface area contributed by atoms with E-state index in [1.54, 1.807) is 11.3 Å². The fourth-order valence-corrected chi connectivity index (χ4v) is 5.24. The number of nitrogens with one attached hydrogen (secondary N) is 2. The molecule has 0 atom stereocenters. The van der Waals surface area contributed by atoms with Gasteiger partial charge in [0.25, 0.3) is 0 Å². The average molecular weight is 433 g/mol. The SMILES string of the molecule is CN(C)c1nc(N[C@H]2CC[C@@H](NCc3nc4ccccc4s3)CC2)nc2ccccc12. The number of rotatable bonds is 6. The number of nitrogens with zero attached hydrogens (tertiary/aromatic N) is 4. The summed E-state index contributed by atoms with van der Waals surface area (Å²) in [6, 6.07) is 17.5. The molecule has 0 saturated heterocycles. The molecule has 0 unspecified atom stereocenters. The van der Waals surface area contributed by atoms with Gasteiger partial charge in [0.05, 0.1) is 15.7 Å². The Labute approximate surface area is 186 Å². The molecule has 2 N–H and O–H groups in total. The smallest absolute Gasteiger partial charge is 0.225 e. The fourth-order valence-electron chi connectivity index (χ4n) is 4.32. The quantitative estimate of drug-likeness (QED) is 0.455. The number of hydrogen-bond acceptors (Lipinski definition) is 7. The molecule has 0 bridgehead atoms. The Hall–Kier alpha value is -2.77. The van der Waals surface area contributed by atoms with Gasteiger partial charge in [-0.15, -0.1) is 11.3 Å². The van der Waals surface area contributed by atoms with Crippen LogP contribution in [0.1, 0.15) is 30.7 Å². The van der Waals surface area contributed by atoms with Crippen LogP contribution in [0.4, 0.5) is 11.8 Å². The second-order valence-electron chi connectivity index (χ2n) is 8.43. The predicted molar refractivity (Wildman–Crippen MR) is 130 cm³/mol. The van der Waals surface area contributed by atoms with Gasteiger partial charge in [-0.1, -0.05) is 24.3 Å². The van der Waals surface area contributed by atoms with Crippen molar-refractivity contribution in [1.82, 2.24) is 20.3 Å². The molecule has 1 aliphatic rings. The molecule has 2 aromatic carbocycles. The summed E-state index contributed by atoms with van der Waals surface area (Å²) < 4.78 is 1.26. The van der Waals surface area contributed by atoms with Gasteiger partial charge in [0.15, 0.2) is 0 Å². The largest absolute Gasteiger partial charge is 0.362 e. The normalized spacial score (nSPS) is 19.0. The monoisotopic (exact) mass is 432 g/mol. The maximum Gasteiger partial charge on any atom is 0.225 e. The molecule has 0 radical (unpaired) electrons. The zero-order valence-electron chi connectivity index (χ0n) is 18.0. The Balaban J connectivity index is 1.18. The number of thiazole rings is 1. The molecule has 2 aromatic heterocycles. The molecule has 7 heteroatoms. The lowest BCUT2D eigenvalue weighted by Crippen LogP contribution is -2.36. The lowest BCUT2D eigenvalue weighted by Gasteiger charge is -2.30. The third kappa shape index (κ3) is 4.48. The molecule has 5 rings (SSSR count). The zero-order chi connectivity index (χ0) is 21.2. The van der Waals surface area contributed by atoms with Crippen molar-refractivity contribution in [3.63, 3.8) is 0 Å². The van der Waals surface area contributed by atoms with Gasteiger partial charge in [-0.2, -0.15) is 4.98 Å². The van der Waals surface area contributed by atoms with E-state index in [2.05, 4.69) is 45.9 Å². The summed E-state index contributed by atoms with van der Waals surface area (Å²) in [5.41, 5.74) is 2.08. The van der Waals surface area contributed by atoms with E-state index in [0.717, 1.165) is 60.4 Å². The molecule has 1 aliphatic carbocycles. The highest BCUT2D eigenvalue weighted by Crippen LogP contribution is 2.27. The summed E-state index contributed by atoms with van der Waals surface area (Å²) >= 11 is 1.79. The Bertz CT molecular complexity index is 1150. The van der Waals surface area contributed by atoms with Crippen LogP contribution in [0.3, 0.4) is 0 Å². The highest BCUT2D eigenvalue weighted by molar-refractivity contribution is 7.18. The van der Waals surface area contributed by atoms with E-state index in [1.807, 2.05) is 32.3 Å². The maximum atomic E-state index is 4.79. The average Bonchev–Trinajstić information content (AvgIpc) is 3.21. The highest BCUT2D eigenvalue weighted by atomic mass is 32.1. The van der Waals surface area contributed by atoms with E-state index in [1.165, 1.54) is 9.71 Å². The summed E-state index contributed by atoms with van der Waals surface area (Å²) in [5, 5.41) is 9.56. The summed E-state index contributed by atoms with van der Waals surface area (Å²) in [5.74, 6) is 1.69. The number of anilines is 2. The minimum Gasteiger partial charge on any atom is -0.362 e. The first-order valence-electron chi connectivity index (χ1n) is 10.9. The third-order valence-electron chi connectivity index (χ3n) is 5.95. The number of hydrogen-bond donors (Lipinski definition) is 2. The van der Waals surface area contributed by atoms with Crippen molar-refractivity contribution in [1.29, 1.82) is 0 Å². The molecule has 0 spiro atoms. The topological polar surface area (TPSA) is 66.0 Å². The van der Waals surface area contributed by atoms with Crippen LogP contribution in [0.15, 0.2) is 48.5 Å². The van der Waals surface area contributed by atoms with Crippen LogP contribution in [-0.4, -0.2) is 41.1 Å². The van der Waals surface area contributed by atoms with Gasteiger partial charge in [-0.25, -0.2) is 9.97 Å². The highest BCUT2D eigenvalue weighted by Gasteiger charge is 2.22. The van der Waals surface area contributed by atoms with Crippen molar-refractivity contribution in [3.05, 3.63) is 53.5 Å². The Morgan fingerprint density at radius 3 is 2.35 bits per heavy atom. The van der Waals surface area contributed by atoms with Crippen LogP contribution in [0.5, 0.6) is 0 Å². The van der Waals surface area contributed by atoms with Crippen molar-refractivity contribution in [2.75, 3.05) is 24.3 Å². The number of aromatic nitrogens is 3. The van der Waals surface area contributed by atoms with Gasteiger partial charge >= 0.3 is 0 Å². The van der Waals surface area contributed by atoms with E-state index in [0.29, 0.717) is 12.1 Å². The lowest BCUT2D eigenvalue weighted by atomic mass is 9.91. The molecule has 160 valence electrons. The summed E-state index contributed by atoms with van der Waals surface area (Å²) in [4.78, 5) is 16.3. The predicted octanol–water partition coefficient (Wildman–Crippen LogP) is 4.82. The van der Waals surface area contributed by atoms with Gasteiger partial charge in [0.1, 0.15) is 10.8 Å². The molecule has 1 fully saturated rings. The number of para-hydroxylation sites is 2. The standard InChI is InChI=1S/C24H28N6S/c1-30(2)23-18-7-3-4-8-19(18)28-24(29-23)26-17-13-11-16(12-14-17)25-15-22-27-20-9-5-6-10-21(20)31-22/h3-10,16-17,25H,11-15H2,1-2H3,(H,26,28,29)/t16-,17+. The number of fused-ring (bicyclic) bond motifs is 2. The molecule has 6 nitrogen and oxygen atoms in total. The van der Waals surface area contributed by atoms with E-state index in [-0.39, 0.29) is 0 Å². The second kappa shape index (κ2) is 8.77. The second-order valence-corrected chi connectivity index (χ2v) is 9.55. The Kier molecular flexibility index (Phi) is 5.70. The minimum atomic E-state index is 0.414. The first-order chi connectivity index (χ1) is 15.2. The van der Waals surface area contributed by atoms with E-state index >= 15 is 0 Å².